The maximum atomic E-state index is 13.5. The molecule has 3 heterocycles. The molecule has 0 aliphatic heterocycles. The summed E-state index contributed by atoms with van der Waals surface area (Å²) in [5, 5.41) is 13.1. The van der Waals surface area contributed by atoms with E-state index in [0.29, 0.717) is 32.5 Å². The molecule has 0 fully saturated rings. The molecule has 0 saturated heterocycles. The van der Waals surface area contributed by atoms with Crippen LogP contribution in [0.15, 0.2) is 98.8 Å². The second-order valence-electron chi connectivity index (χ2n) is 7.82. The first kappa shape index (κ1) is 24.1. The van der Waals surface area contributed by atoms with Crippen LogP contribution in [0, 0.1) is 11.3 Å². The first-order valence-electron chi connectivity index (χ1n) is 11.1. The molecule has 5 aromatic rings. The lowest BCUT2D eigenvalue weighted by atomic mass is 10.2. The van der Waals surface area contributed by atoms with E-state index in [1.54, 1.807) is 60.7 Å². The molecule has 5 rings (SSSR count). The lowest BCUT2D eigenvalue weighted by molar-refractivity contribution is -0.115. The monoisotopic (exact) mass is 527 g/mol. The van der Waals surface area contributed by atoms with Gasteiger partial charge in [-0.1, -0.05) is 41.9 Å². The largest absolute Gasteiger partial charge is 0.467 e. The molecule has 182 valence electrons. The molecule has 2 aromatic carbocycles. The first-order valence-corrected chi connectivity index (χ1v) is 12.3. The number of aromatic nitrogens is 1. The molecule has 1 amide bonds. The molecule has 9 heteroatoms. The van der Waals surface area contributed by atoms with Gasteiger partial charge in [0.15, 0.2) is 5.57 Å². The summed E-state index contributed by atoms with van der Waals surface area (Å²) in [5.41, 5.74) is 0.689. The molecule has 0 atom stereocenters. The molecule has 0 aliphatic rings. The van der Waals surface area contributed by atoms with E-state index in [1.807, 2.05) is 30.3 Å². The van der Waals surface area contributed by atoms with Gasteiger partial charge in [-0.2, -0.15) is 5.26 Å². The highest BCUT2D eigenvalue weighted by molar-refractivity contribution is 7.07. The van der Waals surface area contributed by atoms with Crippen LogP contribution in [0.3, 0.4) is 0 Å². The van der Waals surface area contributed by atoms with E-state index >= 15 is 0 Å². The van der Waals surface area contributed by atoms with E-state index in [0.717, 1.165) is 16.9 Å². The van der Waals surface area contributed by atoms with Crippen LogP contribution in [0.1, 0.15) is 11.5 Å². The standard InChI is InChI=1S/C28H18ClN3O4S/c29-23-11-5-4-10-21(23)24-13-12-19(36-24)15-25-27(34)32(18-7-2-1-3-8-18)28(37-25)22(16-30)26(33)31-17-20-9-6-14-35-20/h1-15H,17H2,(H,31,33)/b25-15+,28-22-. The lowest BCUT2D eigenvalue weighted by Gasteiger charge is -2.04. The Morgan fingerprint density at radius 3 is 2.57 bits per heavy atom. The van der Waals surface area contributed by atoms with Gasteiger partial charge in [0.25, 0.3) is 11.5 Å². The van der Waals surface area contributed by atoms with Crippen molar-refractivity contribution in [3.05, 3.63) is 121 Å². The number of furan rings is 2. The number of para-hydroxylation sites is 1. The number of halogens is 1. The zero-order valence-corrected chi connectivity index (χ0v) is 20.8. The van der Waals surface area contributed by atoms with Crippen molar-refractivity contribution < 1.29 is 13.6 Å². The van der Waals surface area contributed by atoms with Crippen molar-refractivity contribution in [2.24, 2.45) is 0 Å². The van der Waals surface area contributed by atoms with Gasteiger partial charge in [-0.25, -0.2) is 0 Å². The van der Waals surface area contributed by atoms with Gasteiger partial charge in [0, 0.05) is 11.6 Å². The van der Waals surface area contributed by atoms with Crippen LogP contribution in [-0.2, 0) is 11.3 Å². The van der Waals surface area contributed by atoms with Crippen molar-refractivity contribution in [2.75, 3.05) is 0 Å². The number of nitriles is 1. The van der Waals surface area contributed by atoms with Crippen LogP contribution in [-0.4, -0.2) is 10.5 Å². The fraction of sp³-hybridized carbons (Fsp3) is 0.0357. The normalized spacial score (nSPS) is 12.3. The number of carbonyl (C=O) groups is 1. The third kappa shape index (κ3) is 5.05. The van der Waals surface area contributed by atoms with E-state index in [9.17, 15) is 14.9 Å². The number of nitrogens with zero attached hydrogens (tertiary/aromatic N) is 2. The average molecular weight is 528 g/mol. The highest BCUT2D eigenvalue weighted by Crippen LogP contribution is 2.29. The number of benzene rings is 2. The number of nitrogens with one attached hydrogen (secondary N) is 1. The van der Waals surface area contributed by atoms with E-state index in [1.165, 1.54) is 10.8 Å². The van der Waals surface area contributed by atoms with Gasteiger partial charge in [0.1, 0.15) is 28.0 Å². The van der Waals surface area contributed by atoms with Crippen molar-refractivity contribution in [1.29, 1.82) is 5.26 Å². The zero-order chi connectivity index (χ0) is 25.8. The number of amides is 1. The topological polar surface area (TPSA) is 101 Å². The second-order valence-corrected chi connectivity index (χ2v) is 9.26. The molecule has 0 saturated carbocycles. The van der Waals surface area contributed by atoms with Gasteiger partial charge in [-0.3, -0.25) is 14.2 Å². The Labute approximate surface area is 219 Å². The molecule has 0 radical (unpaired) electrons. The van der Waals surface area contributed by atoms with Crippen LogP contribution in [0.25, 0.3) is 28.7 Å². The third-order valence-corrected chi connectivity index (χ3v) is 6.86. The predicted molar refractivity (Wildman–Crippen MR) is 141 cm³/mol. The summed E-state index contributed by atoms with van der Waals surface area (Å²) in [5.74, 6) is 0.910. The van der Waals surface area contributed by atoms with E-state index in [-0.39, 0.29) is 22.3 Å². The maximum absolute atomic E-state index is 13.5. The zero-order valence-electron chi connectivity index (χ0n) is 19.2. The molecule has 3 aromatic heterocycles. The van der Waals surface area contributed by atoms with E-state index in [2.05, 4.69) is 5.32 Å². The Morgan fingerprint density at radius 1 is 1.05 bits per heavy atom. The van der Waals surface area contributed by atoms with Crippen molar-refractivity contribution in [1.82, 2.24) is 9.88 Å². The van der Waals surface area contributed by atoms with E-state index in [4.69, 9.17) is 20.4 Å². The van der Waals surface area contributed by atoms with Crippen molar-refractivity contribution in [3.63, 3.8) is 0 Å². The van der Waals surface area contributed by atoms with Crippen LogP contribution in [0.4, 0.5) is 0 Å². The van der Waals surface area contributed by atoms with Gasteiger partial charge in [0.2, 0.25) is 0 Å². The summed E-state index contributed by atoms with van der Waals surface area (Å²) >= 11 is 7.32. The minimum Gasteiger partial charge on any atom is -0.467 e. The summed E-state index contributed by atoms with van der Waals surface area (Å²) in [6, 6.07) is 25.0. The molecule has 0 bridgehead atoms. The number of hydrogen-bond acceptors (Lipinski definition) is 6. The summed E-state index contributed by atoms with van der Waals surface area (Å²) < 4.78 is 13.0. The van der Waals surface area contributed by atoms with Crippen molar-refractivity contribution in [3.8, 4) is 23.1 Å². The maximum Gasteiger partial charge on any atom is 0.273 e. The van der Waals surface area contributed by atoms with Gasteiger partial charge in [0.05, 0.1) is 28.1 Å². The molecule has 7 nitrogen and oxygen atoms in total. The Bertz CT molecular complexity index is 1790. The minimum absolute atomic E-state index is 0.105. The summed E-state index contributed by atoms with van der Waals surface area (Å²) in [6.07, 6.45) is 3.09. The van der Waals surface area contributed by atoms with Gasteiger partial charge in [-0.05, 0) is 48.5 Å². The molecule has 0 spiro atoms. The summed E-state index contributed by atoms with van der Waals surface area (Å²) in [4.78, 5) is 26.5. The predicted octanol–water partition coefficient (Wildman–Crippen LogP) is 4.22. The number of rotatable bonds is 6. The molecule has 0 unspecified atom stereocenters. The van der Waals surface area contributed by atoms with Crippen molar-refractivity contribution in [2.45, 2.75) is 6.54 Å². The molecular weight excluding hydrogens is 510 g/mol. The molecular formula is C28H18ClN3O4S. The fourth-order valence-electron chi connectivity index (χ4n) is 3.69. The minimum atomic E-state index is -0.615. The van der Waals surface area contributed by atoms with E-state index < -0.39 is 5.91 Å². The van der Waals surface area contributed by atoms with Gasteiger partial charge >= 0.3 is 0 Å². The molecule has 0 aliphatic carbocycles. The third-order valence-electron chi connectivity index (χ3n) is 5.43. The van der Waals surface area contributed by atoms with Crippen LogP contribution in [0.2, 0.25) is 5.02 Å². The number of thiazole rings is 1. The fourth-order valence-corrected chi connectivity index (χ4v) is 5.00. The molecule has 37 heavy (non-hydrogen) atoms. The smallest absolute Gasteiger partial charge is 0.273 e. The van der Waals surface area contributed by atoms with Crippen LogP contribution < -0.4 is 20.1 Å². The highest BCUT2D eigenvalue weighted by atomic mass is 35.5. The quantitative estimate of drug-likeness (QED) is 0.356. The first-order chi connectivity index (χ1) is 18.0. The average Bonchev–Trinajstić information content (AvgIpc) is 3.66. The summed E-state index contributed by atoms with van der Waals surface area (Å²) in [7, 11) is 0. The SMILES string of the molecule is N#C/C(C(=O)NCc1ccco1)=c1/s/c(=C/c2ccc(-c3ccccc3Cl)o2)c(=O)n1-c1ccccc1. The highest BCUT2D eigenvalue weighted by Gasteiger charge is 2.17. The Morgan fingerprint density at radius 2 is 1.84 bits per heavy atom. The summed E-state index contributed by atoms with van der Waals surface area (Å²) in [6.45, 7) is 0.105. The van der Waals surface area contributed by atoms with Gasteiger partial charge in [-0.15, -0.1) is 11.3 Å². The Balaban J connectivity index is 1.63. The second kappa shape index (κ2) is 10.6. The number of hydrogen-bond donors (Lipinski definition) is 1. The Hall–Kier alpha value is -4.58. The van der Waals surface area contributed by atoms with Gasteiger partial charge < -0.3 is 14.2 Å². The van der Waals surface area contributed by atoms with Crippen LogP contribution >= 0.6 is 22.9 Å². The van der Waals surface area contributed by atoms with Crippen LogP contribution in [0.5, 0.6) is 0 Å². The lowest BCUT2D eigenvalue weighted by Crippen LogP contribution is -2.33. The Kier molecular flexibility index (Phi) is 6.90. The van der Waals surface area contributed by atoms with Crippen molar-refractivity contribution >= 4 is 40.5 Å². The number of carbonyl (C=O) groups excluding carboxylic acids is 1. The molecule has 1 N–H and O–H groups in total.